The van der Waals surface area contributed by atoms with Crippen molar-refractivity contribution in [2.24, 2.45) is 0 Å². The van der Waals surface area contributed by atoms with Gasteiger partial charge in [0.15, 0.2) is 17.0 Å². The van der Waals surface area contributed by atoms with Gasteiger partial charge in [0.1, 0.15) is 11.3 Å². The smallest absolute Gasteiger partial charge is 0.339 e. The zero-order valence-corrected chi connectivity index (χ0v) is 13.1. The highest BCUT2D eigenvalue weighted by Crippen LogP contribution is 2.26. The van der Waals surface area contributed by atoms with Crippen molar-refractivity contribution in [1.82, 2.24) is 25.4 Å². The first kappa shape index (κ1) is 16.4. The Kier molecular flexibility index (Phi) is 4.31. The van der Waals surface area contributed by atoms with Gasteiger partial charge < -0.3 is 26.0 Å². The zero-order chi connectivity index (χ0) is 18.0. The number of aromatic amines is 1. The number of aliphatic hydroxyl groups excluding tert-OH is 1. The van der Waals surface area contributed by atoms with Crippen molar-refractivity contribution in [3.05, 3.63) is 23.8 Å². The van der Waals surface area contributed by atoms with Crippen molar-refractivity contribution in [3.8, 4) is 5.75 Å². The van der Waals surface area contributed by atoms with Crippen molar-refractivity contribution in [3.63, 3.8) is 0 Å². The van der Waals surface area contributed by atoms with Crippen LogP contribution in [0.2, 0.25) is 0 Å². The lowest BCUT2D eigenvalue weighted by molar-refractivity contribution is 0.0693. The molecule has 0 amide bonds. The lowest BCUT2D eigenvalue weighted by Crippen LogP contribution is -2.17. The van der Waals surface area contributed by atoms with Gasteiger partial charge in [0, 0.05) is 12.2 Å². The number of hydrogen-bond donors (Lipinski definition) is 6. The molecular formula is C14H15N7O4. The molecule has 1 unspecified atom stereocenters. The summed E-state index contributed by atoms with van der Waals surface area (Å²) < 4.78 is 0. The maximum Gasteiger partial charge on any atom is 0.339 e. The van der Waals surface area contributed by atoms with Crippen molar-refractivity contribution in [1.29, 1.82) is 0 Å². The number of carboxylic acid groups (broad SMARTS) is 1. The Morgan fingerprint density at radius 3 is 2.88 bits per heavy atom. The van der Waals surface area contributed by atoms with Gasteiger partial charge in [-0.2, -0.15) is 9.97 Å². The summed E-state index contributed by atoms with van der Waals surface area (Å²) in [7, 11) is 0. The minimum atomic E-state index is -1.25. The van der Waals surface area contributed by atoms with E-state index in [1.165, 1.54) is 18.2 Å². The van der Waals surface area contributed by atoms with Crippen molar-refractivity contribution in [2.75, 3.05) is 17.2 Å². The molecule has 0 fully saturated rings. The first-order chi connectivity index (χ1) is 11.9. The largest absolute Gasteiger partial charge is 0.507 e. The lowest BCUT2D eigenvalue weighted by Gasteiger charge is -2.11. The minimum Gasteiger partial charge on any atom is -0.507 e. The van der Waals surface area contributed by atoms with Gasteiger partial charge in [-0.25, -0.2) is 9.89 Å². The molecule has 3 aromatic rings. The number of H-pyrrole nitrogens is 1. The van der Waals surface area contributed by atoms with Gasteiger partial charge in [0.05, 0.1) is 6.10 Å². The summed E-state index contributed by atoms with van der Waals surface area (Å²) in [5.41, 5.74) is 0.859. The van der Waals surface area contributed by atoms with Crippen LogP contribution in [0.25, 0.3) is 11.2 Å². The Morgan fingerprint density at radius 1 is 1.36 bits per heavy atom. The summed E-state index contributed by atoms with van der Waals surface area (Å²) in [6.07, 6.45) is -0.592. The normalized spacial score (nSPS) is 12.1. The highest BCUT2D eigenvalue weighted by molar-refractivity contribution is 5.93. The van der Waals surface area contributed by atoms with Crippen LogP contribution in [0.1, 0.15) is 17.3 Å². The number of hydrogen-bond acceptors (Lipinski definition) is 9. The molecule has 2 aromatic heterocycles. The molecular weight excluding hydrogens is 330 g/mol. The van der Waals surface area contributed by atoms with Gasteiger partial charge in [-0.15, -0.1) is 5.10 Å². The number of anilines is 3. The summed E-state index contributed by atoms with van der Waals surface area (Å²) in [5.74, 6) is -1.07. The Labute approximate surface area is 140 Å². The van der Waals surface area contributed by atoms with Crippen molar-refractivity contribution < 1.29 is 20.1 Å². The van der Waals surface area contributed by atoms with Gasteiger partial charge in [0.25, 0.3) is 0 Å². The number of carboxylic acids is 1. The molecule has 2 heterocycles. The fraction of sp³-hybridized carbons (Fsp3) is 0.214. The second kappa shape index (κ2) is 6.57. The number of nitrogens with zero attached hydrogens (tertiary/aromatic N) is 4. The van der Waals surface area contributed by atoms with E-state index in [2.05, 4.69) is 36.0 Å². The Hall–Kier alpha value is -3.47. The first-order valence-electron chi connectivity index (χ1n) is 7.28. The van der Waals surface area contributed by atoms with E-state index < -0.39 is 12.1 Å². The van der Waals surface area contributed by atoms with Crippen molar-refractivity contribution in [2.45, 2.75) is 13.0 Å². The minimum absolute atomic E-state index is 0.235. The molecule has 1 atom stereocenters. The van der Waals surface area contributed by atoms with Crippen LogP contribution in [-0.2, 0) is 0 Å². The van der Waals surface area contributed by atoms with Crippen LogP contribution in [0.15, 0.2) is 18.2 Å². The van der Waals surface area contributed by atoms with Gasteiger partial charge in [0.2, 0.25) is 5.95 Å². The Balaban J connectivity index is 1.96. The summed E-state index contributed by atoms with van der Waals surface area (Å²) in [6, 6.07) is 4.03. The van der Waals surface area contributed by atoms with Crippen LogP contribution in [0.5, 0.6) is 5.75 Å². The van der Waals surface area contributed by atoms with Crippen molar-refractivity contribution >= 4 is 34.6 Å². The number of fused-ring (bicyclic) bond motifs is 1. The second-order valence-corrected chi connectivity index (χ2v) is 5.30. The summed E-state index contributed by atoms with van der Waals surface area (Å²) in [4.78, 5) is 19.6. The molecule has 25 heavy (non-hydrogen) atoms. The van der Waals surface area contributed by atoms with Crippen LogP contribution >= 0.6 is 0 Å². The van der Waals surface area contributed by atoms with Crippen LogP contribution in [0, 0.1) is 0 Å². The molecule has 130 valence electrons. The van der Waals surface area contributed by atoms with E-state index in [-0.39, 0.29) is 29.6 Å². The monoisotopic (exact) mass is 345 g/mol. The van der Waals surface area contributed by atoms with E-state index in [0.717, 1.165) is 0 Å². The zero-order valence-electron chi connectivity index (χ0n) is 13.1. The second-order valence-electron chi connectivity index (χ2n) is 5.30. The topological polar surface area (TPSA) is 169 Å². The molecule has 0 aliphatic rings. The Morgan fingerprint density at radius 2 is 2.16 bits per heavy atom. The quantitative estimate of drug-likeness (QED) is 0.349. The average molecular weight is 345 g/mol. The summed E-state index contributed by atoms with van der Waals surface area (Å²) in [5, 5.41) is 44.0. The number of nitrogens with one attached hydrogen (secondary N) is 3. The predicted octanol–water partition coefficient (Wildman–Crippen LogP) is 0.688. The highest BCUT2D eigenvalue weighted by Gasteiger charge is 2.14. The maximum absolute atomic E-state index is 11.1. The fourth-order valence-corrected chi connectivity index (χ4v) is 2.08. The highest BCUT2D eigenvalue weighted by atomic mass is 16.4. The van der Waals surface area contributed by atoms with Crippen LogP contribution < -0.4 is 10.6 Å². The molecule has 6 N–H and O–H groups in total. The number of aromatic hydroxyl groups is 1. The maximum atomic E-state index is 11.1. The molecule has 0 aliphatic carbocycles. The number of rotatable bonds is 6. The standard InChI is InChI=1S/C14H15N7O4/c1-6(22)5-15-14-17-11(10-12(18-14)20-21-19-10)16-7-2-3-9(23)8(4-7)13(24)25/h2-4,6,22-23H,5H2,1H3,(H,24,25)(H3,15,16,17,18,19,20,21). The van der Waals surface area contributed by atoms with Crippen LogP contribution in [0.3, 0.4) is 0 Å². The van der Waals surface area contributed by atoms with E-state index in [9.17, 15) is 15.0 Å². The first-order valence-corrected chi connectivity index (χ1v) is 7.28. The number of aromatic nitrogens is 5. The predicted molar refractivity (Wildman–Crippen MR) is 88.0 cm³/mol. The lowest BCUT2D eigenvalue weighted by atomic mass is 10.2. The molecule has 0 aliphatic heterocycles. The van der Waals surface area contributed by atoms with E-state index in [1.807, 2.05) is 0 Å². The third-order valence-electron chi connectivity index (χ3n) is 3.24. The number of carbonyl (C=O) groups is 1. The molecule has 11 heteroatoms. The number of aliphatic hydroxyl groups is 1. The van der Waals surface area contributed by atoms with Gasteiger partial charge in [-0.05, 0) is 25.1 Å². The van der Waals surface area contributed by atoms with Gasteiger partial charge >= 0.3 is 5.97 Å². The molecule has 0 saturated heterocycles. The summed E-state index contributed by atoms with van der Waals surface area (Å²) >= 11 is 0. The molecule has 0 saturated carbocycles. The average Bonchev–Trinajstić information content (AvgIpc) is 3.03. The fourth-order valence-electron chi connectivity index (χ4n) is 2.08. The third kappa shape index (κ3) is 3.55. The molecule has 1 aromatic carbocycles. The van der Waals surface area contributed by atoms with E-state index in [0.29, 0.717) is 16.9 Å². The molecule has 0 spiro atoms. The molecule has 0 radical (unpaired) electrons. The van der Waals surface area contributed by atoms with Gasteiger partial charge in [-0.1, -0.05) is 5.21 Å². The Bertz CT molecular complexity index is 925. The summed E-state index contributed by atoms with van der Waals surface area (Å²) in [6.45, 7) is 1.86. The molecule has 11 nitrogen and oxygen atoms in total. The SMILES string of the molecule is CC(O)CNc1nc(Nc2ccc(O)c(C(=O)O)c2)c2nn[nH]c2n1. The number of phenols is 1. The van der Waals surface area contributed by atoms with Gasteiger partial charge in [-0.3, -0.25) is 0 Å². The number of benzene rings is 1. The van der Waals surface area contributed by atoms with E-state index >= 15 is 0 Å². The van der Waals surface area contributed by atoms with Crippen LogP contribution in [0.4, 0.5) is 17.5 Å². The van der Waals surface area contributed by atoms with E-state index in [4.69, 9.17) is 5.11 Å². The van der Waals surface area contributed by atoms with Crippen LogP contribution in [-0.4, -0.2) is 59.3 Å². The number of aromatic carboxylic acids is 1. The molecule has 0 bridgehead atoms. The third-order valence-corrected chi connectivity index (χ3v) is 3.24. The molecule has 3 rings (SSSR count). The van der Waals surface area contributed by atoms with E-state index in [1.54, 1.807) is 6.92 Å².